The largest absolute Gasteiger partial charge is 0.385 e. The second-order valence-corrected chi connectivity index (χ2v) is 2.84. The summed E-state index contributed by atoms with van der Waals surface area (Å²) in [6, 6.07) is -0.0429. The third-order valence-electron chi connectivity index (χ3n) is 1.71. The molecule has 4 heteroatoms. The van der Waals surface area contributed by atoms with Gasteiger partial charge in [-0.1, -0.05) is 0 Å². The summed E-state index contributed by atoms with van der Waals surface area (Å²) in [4.78, 5) is 7.23. The summed E-state index contributed by atoms with van der Waals surface area (Å²) in [5, 5.41) is 0. The topological polar surface area (TPSA) is 63.9 Å². The Morgan fingerprint density at radius 2 is 2.50 bits per heavy atom. The van der Waals surface area contributed by atoms with E-state index in [0.29, 0.717) is 6.61 Å². The summed E-state index contributed by atoms with van der Waals surface area (Å²) < 4.78 is 4.92. The van der Waals surface area contributed by atoms with E-state index >= 15 is 0 Å². The van der Waals surface area contributed by atoms with Gasteiger partial charge in [-0.15, -0.1) is 0 Å². The van der Waals surface area contributed by atoms with Crippen LogP contribution in [0.5, 0.6) is 0 Å². The van der Waals surface area contributed by atoms with Crippen LogP contribution in [0.3, 0.4) is 0 Å². The molecular formula is C8H15N3O. The maximum atomic E-state index is 5.82. The van der Waals surface area contributed by atoms with Crippen LogP contribution in [0.4, 0.5) is 0 Å². The predicted octanol–water partition coefficient (Wildman–Crippen LogP) is 0.754. The van der Waals surface area contributed by atoms with Crippen molar-refractivity contribution >= 4 is 0 Å². The normalized spacial score (nSPS) is 13.2. The van der Waals surface area contributed by atoms with Crippen molar-refractivity contribution in [2.45, 2.75) is 19.4 Å². The zero-order valence-electron chi connectivity index (χ0n) is 7.50. The summed E-state index contributed by atoms with van der Waals surface area (Å²) in [6.45, 7) is 2.63. The number of imidazole rings is 1. The van der Waals surface area contributed by atoms with Gasteiger partial charge in [-0.3, -0.25) is 0 Å². The Kier molecular flexibility index (Phi) is 3.25. The summed E-state index contributed by atoms with van der Waals surface area (Å²) in [5.41, 5.74) is 6.86. The minimum Gasteiger partial charge on any atom is -0.385 e. The molecule has 0 saturated carbocycles. The number of methoxy groups -OCH3 is 1. The van der Waals surface area contributed by atoms with Gasteiger partial charge in [0, 0.05) is 25.6 Å². The van der Waals surface area contributed by atoms with Crippen LogP contribution >= 0.6 is 0 Å². The average molecular weight is 169 g/mol. The summed E-state index contributed by atoms with van der Waals surface area (Å²) in [5.74, 6) is 0.838. The Morgan fingerprint density at radius 1 is 1.75 bits per heavy atom. The molecule has 0 aliphatic heterocycles. The van der Waals surface area contributed by atoms with Gasteiger partial charge in [-0.2, -0.15) is 0 Å². The van der Waals surface area contributed by atoms with Gasteiger partial charge in [0.15, 0.2) is 0 Å². The Balaban J connectivity index is 2.47. The zero-order valence-corrected chi connectivity index (χ0v) is 7.50. The zero-order chi connectivity index (χ0) is 8.97. The van der Waals surface area contributed by atoms with Crippen molar-refractivity contribution < 1.29 is 4.74 Å². The molecule has 0 bridgehead atoms. The van der Waals surface area contributed by atoms with Crippen molar-refractivity contribution in [1.82, 2.24) is 9.97 Å². The van der Waals surface area contributed by atoms with Crippen molar-refractivity contribution in [3.8, 4) is 0 Å². The first-order chi connectivity index (χ1) is 5.74. The van der Waals surface area contributed by atoms with Gasteiger partial charge < -0.3 is 15.5 Å². The highest BCUT2D eigenvalue weighted by Crippen LogP contribution is 2.09. The van der Waals surface area contributed by atoms with Crippen LogP contribution in [0.15, 0.2) is 6.20 Å². The number of aromatic amines is 1. The lowest BCUT2D eigenvalue weighted by atomic mass is 10.2. The average Bonchev–Trinajstić information content (AvgIpc) is 2.47. The van der Waals surface area contributed by atoms with E-state index in [1.807, 2.05) is 6.92 Å². The highest BCUT2D eigenvalue weighted by Gasteiger charge is 2.07. The first-order valence-electron chi connectivity index (χ1n) is 4.00. The van der Waals surface area contributed by atoms with Crippen molar-refractivity contribution in [1.29, 1.82) is 0 Å². The Labute approximate surface area is 72.1 Å². The van der Waals surface area contributed by atoms with Gasteiger partial charge >= 0.3 is 0 Å². The molecule has 0 spiro atoms. The van der Waals surface area contributed by atoms with Crippen molar-refractivity contribution in [3.05, 3.63) is 17.7 Å². The smallest absolute Gasteiger partial charge is 0.123 e. The Bertz CT molecular complexity index is 234. The number of ether oxygens (including phenoxy) is 1. The number of nitrogens with one attached hydrogen (secondary N) is 1. The molecule has 3 N–H and O–H groups in total. The van der Waals surface area contributed by atoms with E-state index in [1.165, 1.54) is 0 Å². The van der Waals surface area contributed by atoms with Gasteiger partial charge in [0.05, 0.1) is 6.04 Å². The van der Waals surface area contributed by atoms with Crippen molar-refractivity contribution in [2.24, 2.45) is 5.73 Å². The monoisotopic (exact) mass is 169 g/mol. The van der Waals surface area contributed by atoms with Crippen LogP contribution in [0, 0.1) is 6.92 Å². The molecule has 1 atom stereocenters. The molecule has 1 heterocycles. The number of aromatic nitrogens is 2. The molecule has 0 radical (unpaired) electrons. The van der Waals surface area contributed by atoms with E-state index in [-0.39, 0.29) is 6.04 Å². The number of hydrogen-bond acceptors (Lipinski definition) is 3. The van der Waals surface area contributed by atoms with Crippen molar-refractivity contribution in [3.63, 3.8) is 0 Å². The molecular weight excluding hydrogens is 154 g/mol. The lowest BCUT2D eigenvalue weighted by Gasteiger charge is -2.06. The van der Waals surface area contributed by atoms with Crippen LogP contribution in [0.25, 0.3) is 0 Å². The fourth-order valence-corrected chi connectivity index (χ4v) is 1.00. The lowest BCUT2D eigenvalue weighted by molar-refractivity contribution is 0.187. The van der Waals surface area contributed by atoms with Crippen LogP contribution in [0.2, 0.25) is 0 Å². The van der Waals surface area contributed by atoms with Gasteiger partial charge in [0.2, 0.25) is 0 Å². The number of nitrogens with two attached hydrogens (primary N) is 1. The van der Waals surface area contributed by atoms with E-state index in [9.17, 15) is 0 Å². The van der Waals surface area contributed by atoms with Crippen LogP contribution in [-0.2, 0) is 4.74 Å². The highest BCUT2D eigenvalue weighted by atomic mass is 16.5. The molecule has 1 aromatic rings. The summed E-state index contributed by atoms with van der Waals surface area (Å²) >= 11 is 0. The summed E-state index contributed by atoms with van der Waals surface area (Å²) in [7, 11) is 1.67. The number of H-pyrrole nitrogens is 1. The summed E-state index contributed by atoms with van der Waals surface area (Å²) in [6.07, 6.45) is 2.57. The maximum Gasteiger partial charge on any atom is 0.123 e. The van der Waals surface area contributed by atoms with Crippen LogP contribution in [0.1, 0.15) is 24.0 Å². The van der Waals surface area contributed by atoms with Gasteiger partial charge in [-0.25, -0.2) is 4.98 Å². The van der Waals surface area contributed by atoms with Gasteiger partial charge in [-0.05, 0) is 13.3 Å². The van der Waals surface area contributed by atoms with E-state index in [4.69, 9.17) is 10.5 Å². The highest BCUT2D eigenvalue weighted by molar-refractivity contribution is 5.02. The standard InChI is InChI=1S/C8H15N3O/c1-6-5-10-8(11-6)7(9)3-4-12-2/h5,7H,3-4,9H2,1-2H3,(H,10,11). The molecule has 0 aliphatic rings. The lowest BCUT2D eigenvalue weighted by Crippen LogP contribution is -2.14. The fourth-order valence-electron chi connectivity index (χ4n) is 1.00. The van der Waals surface area contributed by atoms with Crippen LogP contribution in [-0.4, -0.2) is 23.7 Å². The molecule has 0 amide bonds. The third kappa shape index (κ3) is 2.32. The third-order valence-corrected chi connectivity index (χ3v) is 1.71. The molecule has 12 heavy (non-hydrogen) atoms. The molecule has 68 valence electrons. The molecule has 4 nitrogen and oxygen atoms in total. The quantitative estimate of drug-likeness (QED) is 0.699. The molecule has 1 rings (SSSR count). The molecule has 0 aliphatic carbocycles. The number of hydrogen-bond donors (Lipinski definition) is 2. The first kappa shape index (κ1) is 9.22. The fraction of sp³-hybridized carbons (Fsp3) is 0.625. The molecule has 1 unspecified atom stereocenters. The Morgan fingerprint density at radius 3 is 3.00 bits per heavy atom. The van der Waals surface area contributed by atoms with E-state index < -0.39 is 0 Å². The predicted molar refractivity (Wildman–Crippen MR) is 46.7 cm³/mol. The SMILES string of the molecule is COCCC(N)c1ncc(C)[nH]1. The molecule has 0 saturated heterocycles. The molecule has 0 fully saturated rings. The molecule has 1 aromatic heterocycles. The second kappa shape index (κ2) is 4.23. The number of nitrogens with zero attached hydrogens (tertiary/aromatic N) is 1. The first-order valence-corrected chi connectivity index (χ1v) is 4.00. The van der Waals surface area contributed by atoms with Gasteiger partial charge in [0.1, 0.15) is 5.82 Å². The Hall–Kier alpha value is -0.870. The van der Waals surface area contributed by atoms with E-state index in [0.717, 1.165) is 17.9 Å². The maximum absolute atomic E-state index is 5.82. The van der Waals surface area contributed by atoms with E-state index in [1.54, 1.807) is 13.3 Å². The number of aryl methyl sites for hydroxylation is 1. The minimum absolute atomic E-state index is 0.0429. The van der Waals surface area contributed by atoms with Crippen LogP contribution < -0.4 is 5.73 Å². The van der Waals surface area contributed by atoms with Gasteiger partial charge in [0.25, 0.3) is 0 Å². The second-order valence-electron chi connectivity index (χ2n) is 2.84. The van der Waals surface area contributed by atoms with E-state index in [2.05, 4.69) is 9.97 Å². The number of rotatable bonds is 4. The minimum atomic E-state index is -0.0429. The molecule has 0 aromatic carbocycles. The van der Waals surface area contributed by atoms with Crippen molar-refractivity contribution in [2.75, 3.05) is 13.7 Å².